The van der Waals surface area contributed by atoms with E-state index in [9.17, 15) is 0 Å². The lowest BCUT2D eigenvalue weighted by molar-refractivity contribution is 0.116. The van der Waals surface area contributed by atoms with E-state index in [1.54, 1.807) is 0 Å². The minimum atomic E-state index is 0.481. The number of hydrogen-bond donors (Lipinski definition) is 2. The van der Waals surface area contributed by atoms with Crippen LogP contribution in [0.15, 0.2) is 40.2 Å². The molecule has 1 saturated heterocycles. The molecule has 2 N–H and O–H groups in total. The first kappa shape index (κ1) is 19.1. The molecule has 1 aliphatic rings. The zero-order chi connectivity index (χ0) is 17.4. The molecule has 0 spiro atoms. The Morgan fingerprint density at radius 1 is 1.25 bits per heavy atom. The fourth-order valence-corrected chi connectivity index (χ4v) is 3.72. The van der Waals surface area contributed by atoms with Crippen LogP contribution in [0.5, 0.6) is 0 Å². The van der Waals surface area contributed by atoms with Crippen molar-refractivity contribution >= 4 is 17.7 Å². The van der Waals surface area contributed by atoms with Crippen molar-refractivity contribution < 1.29 is 0 Å². The van der Waals surface area contributed by atoms with Gasteiger partial charge in [-0.25, -0.2) is 0 Å². The van der Waals surface area contributed by atoms with Crippen LogP contribution in [-0.4, -0.2) is 80.9 Å². The van der Waals surface area contributed by atoms with Crippen molar-refractivity contribution in [3.05, 3.63) is 30.3 Å². The summed E-state index contributed by atoms with van der Waals surface area (Å²) in [4.78, 5) is 10.5. The van der Waals surface area contributed by atoms with Gasteiger partial charge in [0.25, 0.3) is 0 Å². The van der Waals surface area contributed by atoms with Gasteiger partial charge in [0.15, 0.2) is 5.96 Å². The molecule has 1 aromatic carbocycles. The lowest BCUT2D eigenvalue weighted by atomic mass is 10.2. The second kappa shape index (κ2) is 9.91. The molecular weight excluding hydrogens is 318 g/mol. The highest BCUT2D eigenvalue weighted by Gasteiger charge is 2.22. The molecule has 0 bridgehead atoms. The predicted octanol–water partition coefficient (Wildman–Crippen LogP) is 1.58. The van der Waals surface area contributed by atoms with Crippen LogP contribution in [0, 0.1) is 0 Å². The Labute approximate surface area is 150 Å². The van der Waals surface area contributed by atoms with Crippen LogP contribution in [0.3, 0.4) is 0 Å². The monoisotopic (exact) mass is 349 g/mol. The number of likely N-dealkylation sites (N-methyl/N-ethyl adjacent to an activating group) is 2. The Bertz CT molecular complexity index is 507. The fraction of sp³-hybridized carbons (Fsp3) is 0.611. The molecule has 2 atom stereocenters. The van der Waals surface area contributed by atoms with E-state index in [2.05, 4.69) is 76.8 Å². The smallest absolute Gasteiger partial charge is 0.191 e. The first-order valence-corrected chi connectivity index (χ1v) is 9.51. The molecule has 2 unspecified atom stereocenters. The van der Waals surface area contributed by atoms with Crippen LogP contribution in [0.25, 0.3) is 0 Å². The molecule has 0 aliphatic carbocycles. The summed E-state index contributed by atoms with van der Waals surface area (Å²) >= 11 is 1.88. The van der Waals surface area contributed by atoms with Gasteiger partial charge < -0.3 is 15.5 Å². The highest BCUT2D eigenvalue weighted by molar-refractivity contribution is 8.00. The first-order valence-electron chi connectivity index (χ1n) is 8.63. The molecule has 0 radical (unpaired) electrons. The maximum Gasteiger partial charge on any atom is 0.191 e. The second-order valence-corrected chi connectivity index (χ2v) is 7.98. The SMILES string of the molecule is CN=C(NCC(C)Sc1ccccc1)NCC1CN(C)CCN1C. The summed E-state index contributed by atoms with van der Waals surface area (Å²) in [5.74, 6) is 0.886. The van der Waals surface area contributed by atoms with Gasteiger partial charge in [0.1, 0.15) is 0 Å². The average Bonchev–Trinajstić information content (AvgIpc) is 2.58. The van der Waals surface area contributed by atoms with E-state index in [1.807, 2.05) is 18.8 Å². The standard InChI is InChI=1S/C18H31N5S/c1-15(24-17-8-6-5-7-9-17)12-20-18(19-2)21-13-16-14-22(3)10-11-23(16)4/h5-9,15-16H,10-14H2,1-4H3,(H2,19,20,21). The number of nitrogens with one attached hydrogen (secondary N) is 2. The third-order valence-electron chi connectivity index (χ3n) is 4.35. The normalized spacial score (nSPS) is 21.5. The molecule has 1 fully saturated rings. The molecule has 0 amide bonds. The van der Waals surface area contributed by atoms with Crippen molar-refractivity contribution in [2.45, 2.75) is 23.1 Å². The molecule has 2 rings (SSSR count). The Morgan fingerprint density at radius 2 is 2.00 bits per heavy atom. The van der Waals surface area contributed by atoms with Crippen LogP contribution in [0.4, 0.5) is 0 Å². The lowest BCUT2D eigenvalue weighted by Gasteiger charge is -2.38. The molecular formula is C18H31N5S. The van der Waals surface area contributed by atoms with Gasteiger partial charge in [-0.05, 0) is 26.2 Å². The summed E-state index contributed by atoms with van der Waals surface area (Å²) in [7, 11) is 6.23. The van der Waals surface area contributed by atoms with Crippen molar-refractivity contribution in [1.82, 2.24) is 20.4 Å². The summed E-state index contributed by atoms with van der Waals surface area (Å²) in [5, 5.41) is 7.39. The largest absolute Gasteiger partial charge is 0.355 e. The third-order valence-corrected chi connectivity index (χ3v) is 5.46. The number of hydrogen-bond acceptors (Lipinski definition) is 4. The minimum Gasteiger partial charge on any atom is -0.355 e. The first-order chi connectivity index (χ1) is 11.6. The number of aliphatic imine (C=N–C) groups is 1. The summed E-state index contributed by atoms with van der Waals surface area (Å²) in [6.07, 6.45) is 0. The van der Waals surface area contributed by atoms with Gasteiger partial charge in [-0.15, -0.1) is 11.8 Å². The molecule has 0 saturated carbocycles. The molecule has 6 heteroatoms. The Kier molecular flexibility index (Phi) is 7.88. The van der Waals surface area contributed by atoms with E-state index in [0.717, 1.165) is 38.7 Å². The zero-order valence-electron chi connectivity index (χ0n) is 15.3. The molecule has 134 valence electrons. The van der Waals surface area contributed by atoms with Crippen LogP contribution in [0.1, 0.15) is 6.92 Å². The number of guanidine groups is 1. The highest BCUT2D eigenvalue weighted by Crippen LogP contribution is 2.21. The molecule has 1 aromatic rings. The number of nitrogens with zero attached hydrogens (tertiary/aromatic N) is 3. The van der Waals surface area contributed by atoms with Crippen molar-refractivity contribution in [3.63, 3.8) is 0 Å². The Morgan fingerprint density at radius 3 is 2.71 bits per heavy atom. The number of benzene rings is 1. The quantitative estimate of drug-likeness (QED) is 0.464. The van der Waals surface area contributed by atoms with Crippen molar-refractivity contribution in [3.8, 4) is 0 Å². The average molecular weight is 350 g/mol. The summed E-state index contributed by atoms with van der Waals surface area (Å²) in [5.41, 5.74) is 0. The van der Waals surface area contributed by atoms with Gasteiger partial charge >= 0.3 is 0 Å². The maximum atomic E-state index is 4.35. The summed E-state index contributed by atoms with van der Waals surface area (Å²) in [6, 6.07) is 11.1. The Hall–Kier alpha value is -1.24. The number of rotatable bonds is 6. The fourth-order valence-electron chi connectivity index (χ4n) is 2.77. The van der Waals surface area contributed by atoms with Gasteiger partial charge in [-0.3, -0.25) is 9.89 Å². The molecule has 1 aliphatic heterocycles. The number of thioether (sulfide) groups is 1. The highest BCUT2D eigenvalue weighted by atomic mass is 32.2. The van der Waals surface area contributed by atoms with E-state index < -0.39 is 0 Å². The summed E-state index contributed by atoms with van der Waals surface area (Å²) in [6.45, 7) is 7.41. The second-order valence-electron chi connectivity index (χ2n) is 6.47. The Balaban J connectivity index is 1.72. The molecule has 1 heterocycles. The molecule has 0 aromatic heterocycles. The van der Waals surface area contributed by atoms with Gasteiger partial charge in [-0.1, -0.05) is 25.1 Å². The van der Waals surface area contributed by atoms with E-state index in [4.69, 9.17) is 0 Å². The van der Waals surface area contributed by atoms with E-state index in [-0.39, 0.29) is 0 Å². The van der Waals surface area contributed by atoms with Crippen molar-refractivity contribution in [2.24, 2.45) is 4.99 Å². The van der Waals surface area contributed by atoms with E-state index in [0.29, 0.717) is 11.3 Å². The third kappa shape index (κ3) is 6.34. The van der Waals surface area contributed by atoms with Crippen LogP contribution in [-0.2, 0) is 0 Å². The van der Waals surface area contributed by atoms with Crippen LogP contribution in [0.2, 0.25) is 0 Å². The summed E-state index contributed by atoms with van der Waals surface area (Å²) < 4.78 is 0. The van der Waals surface area contributed by atoms with Crippen molar-refractivity contribution in [2.75, 3.05) is 53.9 Å². The maximum absolute atomic E-state index is 4.35. The lowest BCUT2D eigenvalue weighted by Crippen LogP contribution is -2.55. The van der Waals surface area contributed by atoms with Gasteiger partial charge in [-0.2, -0.15) is 0 Å². The zero-order valence-corrected chi connectivity index (χ0v) is 16.1. The minimum absolute atomic E-state index is 0.481. The van der Waals surface area contributed by atoms with Gasteiger partial charge in [0, 0.05) is 56.0 Å². The van der Waals surface area contributed by atoms with E-state index >= 15 is 0 Å². The van der Waals surface area contributed by atoms with Crippen molar-refractivity contribution in [1.29, 1.82) is 0 Å². The predicted molar refractivity (Wildman–Crippen MR) is 105 cm³/mol. The number of piperazine rings is 1. The van der Waals surface area contributed by atoms with E-state index in [1.165, 1.54) is 4.90 Å². The van der Waals surface area contributed by atoms with Crippen LogP contribution >= 0.6 is 11.8 Å². The molecule has 24 heavy (non-hydrogen) atoms. The van der Waals surface area contributed by atoms with Gasteiger partial charge in [0.05, 0.1) is 0 Å². The molecule has 5 nitrogen and oxygen atoms in total. The van der Waals surface area contributed by atoms with Crippen LogP contribution < -0.4 is 10.6 Å². The topological polar surface area (TPSA) is 42.9 Å². The van der Waals surface area contributed by atoms with Gasteiger partial charge in [0.2, 0.25) is 0 Å².